The first-order valence-electron chi connectivity index (χ1n) is 17.6. The van der Waals surface area contributed by atoms with Gasteiger partial charge in [0.25, 0.3) is 0 Å². The summed E-state index contributed by atoms with van der Waals surface area (Å²) in [5, 5.41) is 1.01. The maximum Gasteiger partial charge on any atom is 2.00 e. The summed E-state index contributed by atoms with van der Waals surface area (Å²) < 4.78 is 6.48. The molecule has 2 atom stereocenters. The number of fused-ring (bicyclic) bond motifs is 5. The number of aryl methyl sites for hydroxylation is 1. The molecule has 4 nitrogen and oxygen atoms in total. The molecule has 0 saturated carbocycles. The zero-order valence-corrected chi connectivity index (χ0v) is 34.2. The largest absolute Gasteiger partial charge is 2.00 e. The molecule has 5 aromatic rings. The molecule has 3 heterocycles. The first kappa shape index (κ1) is 35.7. The average molecular weight is 871 g/mol. The Morgan fingerprint density at radius 2 is 1.43 bits per heavy atom. The number of nitrogens with zero attached hydrogens (tertiary/aromatic N) is 3. The number of benzene rings is 4. The molecule has 262 valence electrons. The molecule has 1 aromatic heterocycles. The van der Waals surface area contributed by atoms with Crippen molar-refractivity contribution in [2.75, 3.05) is 4.90 Å². The maximum atomic E-state index is 6.66. The van der Waals surface area contributed by atoms with Gasteiger partial charge in [0.15, 0.2) is 0 Å². The van der Waals surface area contributed by atoms with Crippen molar-refractivity contribution >= 4 is 34.0 Å². The van der Waals surface area contributed by atoms with Crippen LogP contribution in [0.2, 0.25) is 0 Å². The molecule has 0 amide bonds. The predicted octanol–water partition coefficient (Wildman–Crippen LogP) is 11.6. The van der Waals surface area contributed by atoms with E-state index in [1.165, 1.54) is 27.8 Å². The molecule has 3 aliphatic rings. The fraction of sp³-hybridized carbons (Fsp3) is 0.333. The van der Waals surface area contributed by atoms with E-state index in [0.717, 1.165) is 33.4 Å². The van der Waals surface area contributed by atoms with Crippen LogP contribution in [0.3, 0.4) is 0 Å². The maximum absolute atomic E-state index is 6.66. The van der Waals surface area contributed by atoms with Gasteiger partial charge in [0.2, 0.25) is 0 Å². The first-order valence-corrected chi connectivity index (χ1v) is 18.4. The zero-order chi connectivity index (χ0) is 35.4. The van der Waals surface area contributed by atoms with E-state index < -0.39 is 0 Å². The van der Waals surface area contributed by atoms with E-state index in [1.807, 2.05) is 30.1 Å². The Morgan fingerprint density at radius 1 is 0.745 bits per heavy atom. The molecule has 8 rings (SSSR count). The van der Waals surface area contributed by atoms with Crippen LogP contribution < -0.4 is 9.64 Å². The molecule has 4 aromatic carbocycles. The molecule has 6 heteroatoms. The van der Waals surface area contributed by atoms with Crippen LogP contribution in [0.1, 0.15) is 101 Å². The van der Waals surface area contributed by atoms with Crippen LogP contribution in [0.15, 0.2) is 96.1 Å². The van der Waals surface area contributed by atoms with Gasteiger partial charge in [-0.25, -0.2) is 4.98 Å². The Morgan fingerprint density at radius 3 is 2.16 bits per heavy atom. The summed E-state index contributed by atoms with van der Waals surface area (Å²) in [6.45, 7) is 22.7. The fourth-order valence-electron chi connectivity index (χ4n) is 8.38. The van der Waals surface area contributed by atoms with Crippen LogP contribution in [0.4, 0.5) is 17.2 Å². The third kappa shape index (κ3) is 5.28. The molecule has 0 saturated heterocycles. The third-order valence-electron chi connectivity index (χ3n) is 11.8. The van der Waals surface area contributed by atoms with Gasteiger partial charge in [-0.15, -0.1) is 46.7 Å². The predicted molar refractivity (Wildman–Crippen MR) is 208 cm³/mol. The number of ether oxygens (including phenoxy) is 1. The van der Waals surface area contributed by atoms with E-state index in [-0.39, 0.29) is 47.6 Å². The van der Waals surface area contributed by atoms with Gasteiger partial charge in [-0.05, 0) is 65.1 Å². The van der Waals surface area contributed by atoms with Crippen LogP contribution in [0.25, 0.3) is 0 Å². The number of para-hydroxylation sites is 1. The second kappa shape index (κ2) is 11.9. The summed E-state index contributed by atoms with van der Waals surface area (Å²) >= 11 is 1.86. The van der Waals surface area contributed by atoms with Gasteiger partial charge in [-0.3, -0.25) is 0 Å². The number of anilines is 3. The molecule has 0 N–H and O–H groups in total. The normalized spacial score (nSPS) is 22.2. The molecule has 1 aliphatic carbocycles. The number of hydrogen-bond acceptors (Lipinski definition) is 5. The number of aliphatic imine (C=N–C) groups is 1. The van der Waals surface area contributed by atoms with E-state index in [2.05, 4.69) is 159 Å². The van der Waals surface area contributed by atoms with Crippen LogP contribution in [0, 0.1) is 19.1 Å². The summed E-state index contributed by atoms with van der Waals surface area (Å²) in [5.41, 5.74) is 9.86. The molecule has 2 aliphatic heterocycles. The molecule has 0 radical (unpaired) electrons. The zero-order valence-electron chi connectivity index (χ0n) is 31.1. The van der Waals surface area contributed by atoms with Crippen molar-refractivity contribution in [3.05, 3.63) is 142 Å². The Balaban J connectivity index is 0.00000406. The van der Waals surface area contributed by atoms with E-state index in [4.69, 9.17) is 14.7 Å². The minimum absolute atomic E-state index is 0. The summed E-state index contributed by atoms with van der Waals surface area (Å²) in [6, 6.07) is 37.6. The Kier molecular flexibility index (Phi) is 8.36. The monoisotopic (exact) mass is 870 g/mol. The van der Waals surface area contributed by atoms with Gasteiger partial charge in [-0.1, -0.05) is 116 Å². The van der Waals surface area contributed by atoms with E-state index in [1.54, 1.807) is 0 Å². The number of aromatic nitrogens is 1. The molecule has 0 bridgehead atoms. The van der Waals surface area contributed by atoms with E-state index in [0.29, 0.717) is 11.5 Å². The van der Waals surface area contributed by atoms with Gasteiger partial charge >= 0.3 is 21.1 Å². The van der Waals surface area contributed by atoms with Crippen molar-refractivity contribution in [1.82, 2.24) is 4.98 Å². The molecule has 0 unspecified atom stereocenters. The van der Waals surface area contributed by atoms with Gasteiger partial charge in [-0.2, -0.15) is 6.07 Å². The van der Waals surface area contributed by atoms with Crippen LogP contribution >= 0.6 is 11.8 Å². The van der Waals surface area contributed by atoms with Crippen molar-refractivity contribution in [2.45, 2.75) is 95.8 Å². The van der Waals surface area contributed by atoms with Gasteiger partial charge in [0.05, 0.1) is 10.3 Å². The molecule has 0 spiro atoms. The summed E-state index contributed by atoms with van der Waals surface area (Å²) in [4.78, 5) is 12.7. The average Bonchev–Trinajstić information content (AvgIpc) is 3.42. The van der Waals surface area contributed by atoms with Gasteiger partial charge in [0.1, 0.15) is 5.82 Å². The SMILES string of the molecule is Cc1cc(Oc2[c-]c3c(cc2)C(C)(C)c2ccccc2N3c2cc(C(C)(C)C)ccn2)[c-]c(C2=N[C@]3(C)C(C)(C)c4ccccc4[C@]3(C)S2)c1.[Pt+2]. The second-order valence-corrected chi connectivity index (χ2v) is 18.0. The van der Waals surface area contributed by atoms with Crippen molar-refractivity contribution in [2.24, 2.45) is 4.99 Å². The summed E-state index contributed by atoms with van der Waals surface area (Å²) in [5.74, 6) is 2.16. The van der Waals surface area contributed by atoms with Crippen LogP contribution in [0.5, 0.6) is 11.5 Å². The molecular weight excluding hydrogens is 826 g/mol. The first-order chi connectivity index (χ1) is 23.5. The van der Waals surface area contributed by atoms with E-state index in [9.17, 15) is 0 Å². The molecule has 0 fully saturated rings. The third-order valence-corrected chi connectivity index (χ3v) is 13.3. The minimum Gasteiger partial charge on any atom is -0.503 e. The summed E-state index contributed by atoms with van der Waals surface area (Å²) in [7, 11) is 0. The number of rotatable bonds is 4. The Hall–Kier alpha value is -3.66. The molecule has 51 heavy (non-hydrogen) atoms. The summed E-state index contributed by atoms with van der Waals surface area (Å²) in [6.07, 6.45) is 1.92. The molecular formula is C45H45N3OPtS. The number of thioether (sulfide) groups is 1. The standard InChI is InChI=1S/C45H45N3OS.Pt/c1-28-23-29(40-47-45(10)43(7,8)33-15-11-12-16-34(33)44(45,9)50-40)25-32(24-28)49-31-19-20-36-38(27-31)48(37-18-14-13-17-35(37)42(36,5)6)39-26-30(21-22-46-39)41(2,3)4;/h11-24,26H,1-10H3;/q-2;+2/t44-,45+;/m0./s1. The van der Waals surface area contributed by atoms with Crippen LogP contribution in [-0.2, 0) is 42.1 Å². The van der Waals surface area contributed by atoms with E-state index >= 15 is 0 Å². The number of hydrogen-bond donors (Lipinski definition) is 0. The van der Waals surface area contributed by atoms with Crippen LogP contribution in [-0.4, -0.2) is 15.6 Å². The quantitative estimate of drug-likeness (QED) is 0.169. The van der Waals surface area contributed by atoms with Gasteiger partial charge < -0.3 is 14.6 Å². The smallest absolute Gasteiger partial charge is 0.503 e. The van der Waals surface area contributed by atoms with Crippen molar-refractivity contribution < 1.29 is 25.8 Å². The topological polar surface area (TPSA) is 37.7 Å². The second-order valence-electron chi connectivity index (χ2n) is 16.5. The van der Waals surface area contributed by atoms with Crippen molar-refractivity contribution in [3.8, 4) is 11.5 Å². The number of pyridine rings is 1. The Bertz CT molecular complexity index is 2230. The fourth-order valence-corrected chi connectivity index (χ4v) is 10.0. The Labute approximate surface area is 322 Å². The van der Waals surface area contributed by atoms with Crippen molar-refractivity contribution in [3.63, 3.8) is 0 Å². The van der Waals surface area contributed by atoms with Crippen molar-refractivity contribution in [1.29, 1.82) is 0 Å². The minimum atomic E-state index is -0.306. The van der Waals surface area contributed by atoms with Gasteiger partial charge in [0, 0.05) is 33.8 Å².